The summed E-state index contributed by atoms with van der Waals surface area (Å²) in [5.41, 5.74) is 0.357. The highest BCUT2D eigenvalue weighted by Crippen LogP contribution is 2.08. The summed E-state index contributed by atoms with van der Waals surface area (Å²) in [7, 11) is 0. The number of hydrogen-bond acceptors (Lipinski definition) is 0. The number of allylic oxidation sites excluding steroid dienone is 7. The van der Waals surface area contributed by atoms with Crippen molar-refractivity contribution in [2.45, 2.75) is 33.6 Å². The van der Waals surface area contributed by atoms with Crippen LogP contribution in [-0.4, -0.2) is 6.67 Å². The fraction of sp³-hybridized carbons (Fsp3) is 0.412. The van der Waals surface area contributed by atoms with Crippen LogP contribution < -0.4 is 0 Å². The zero-order chi connectivity index (χ0) is 15.1. The second kappa shape index (κ2) is 14.4. The molecule has 106 valence electrons. The summed E-state index contributed by atoms with van der Waals surface area (Å²) >= 11 is 0. The van der Waals surface area contributed by atoms with Crippen LogP contribution >= 0.6 is 0 Å². The summed E-state index contributed by atoms with van der Waals surface area (Å²) in [6, 6.07) is 0. The maximum atomic E-state index is 12.7. The third-order valence-corrected chi connectivity index (χ3v) is 2.26. The highest BCUT2D eigenvalue weighted by atomic mass is 19.2. The molecule has 1 unspecified atom stereocenters. The number of rotatable bonds is 7. The van der Waals surface area contributed by atoms with E-state index in [4.69, 9.17) is 0 Å². The SMILES string of the molecule is C#CC.C=CC(C)C/C=C/C/C=C\C(C)=C(\F)CF. The number of halogens is 2. The molecule has 0 bridgehead atoms. The van der Waals surface area contributed by atoms with E-state index in [1.165, 1.54) is 0 Å². The lowest BCUT2D eigenvalue weighted by molar-refractivity contribution is 0.455. The van der Waals surface area contributed by atoms with Crippen molar-refractivity contribution in [3.8, 4) is 12.3 Å². The van der Waals surface area contributed by atoms with Gasteiger partial charge in [0.05, 0.1) is 0 Å². The molecule has 0 spiro atoms. The van der Waals surface area contributed by atoms with Crippen LogP contribution in [-0.2, 0) is 0 Å². The Morgan fingerprint density at radius 2 is 1.95 bits per heavy atom. The van der Waals surface area contributed by atoms with Crippen molar-refractivity contribution in [1.29, 1.82) is 0 Å². The van der Waals surface area contributed by atoms with Gasteiger partial charge in [0.25, 0.3) is 0 Å². The summed E-state index contributed by atoms with van der Waals surface area (Å²) in [6.45, 7) is 7.98. The van der Waals surface area contributed by atoms with E-state index in [0.29, 0.717) is 11.5 Å². The number of terminal acetylenes is 1. The van der Waals surface area contributed by atoms with E-state index in [0.717, 1.165) is 12.8 Å². The van der Waals surface area contributed by atoms with E-state index in [2.05, 4.69) is 31.9 Å². The molecule has 2 heteroatoms. The second-order valence-corrected chi connectivity index (χ2v) is 4.07. The van der Waals surface area contributed by atoms with Crippen molar-refractivity contribution >= 4 is 0 Å². The van der Waals surface area contributed by atoms with E-state index in [-0.39, 0.29) is 0 Å². The average molecular weight is 266 g/mol. The van der Waals surface area contributed by atoms with Crippen molar-refractivity contribution in [3.63, 3.8) is 0 Å². The summed E-state index contributed by atoms with van der Waals surface area (Å²) in [4.78, 5) is 0. The van der Waals surface area contributed by atoms with Crippen molar-refractivity contribution < 1.29 is 8.78 Å². The Hall–Kier alpha value is -1.62. The molecule has 1 atom stereocenters. The summed E-state index contributed by atoms with van der Waals surface area (Å²) in [5, 5.41) is 0. The van der Waals surface area contributed by atoms with Crippen LogP contribution in [0.25, 0.3) is 0 Å². The standard InChI is InChI=1S/C14H20F2.C3H4/c1-4-12(2)9-7-5-6-8-10-13(3)14(16)11-15;1-3-2/h4-5,7-8,10,12H,1,6,9,11H2,2-3H3;1H,2H3/b7-5+,10-8-,14-13+;. The summed E-state index contributed by atoms with van der Waals surface area (Å²) in [5.74, 6) is 2.03. The third kappa shape index (κ3) is 14.3. The fourth-order valence-electron chi connectivity index (χ4n) is 1.02. The van der Waals surface area contributed by atoms with Crippen LogP contribution in [0.4, 0.5) is 8.78 Å². The molecule has 0 heterocycles. The van der Waals surface area contributed by atoms with Gasteiger partial charge in [0, 0.05) is 0 Å². The van der Waals surface area contributed by atoms with Crippen LogP contribution in [0.3, 0.4) is 0 Å². The molecule has 0 fully saturated rings. The minimum Gasteiger partial charge on any atom is -0.243 e. The van der Waals surface area contributed by atoms with E-state index in [1.807, 2.05) is 18.2 Å². The van der Waals surface area contributed by atoms with Crippen LogP contribution in [0.5, 0.6) is 0 Å². The van der Waals surface area contributed by atoms with Gasteiger partial charge in [-0.05, 0) is 38.2 Å². The van der Waals surface area contributed by atoms with E-state index >= 15 is 0 Å². The summed E-state index contributed by atoms with van der Waals surface area (Å²) < 4.78 is 24.6. The van der Waals surface area contributed by atoms with Gasteiger partial charge in [0.1, 0.15) is 12.5 Å². The molecular formula is C17H24F2. The van der Waals surface area contributed by atoms with E-state index < -0.39 is 12.5 Å². The minimum atomic E-state index is -1.02. The minimum absolute atomic E-state index is 0.357. The van der Waals surface area contributed by atoms with Gasteiger partial charge in [-0.15, -0.1) is 18.9 Å². The molecule has 0 aromatic heterocycles. The average Bonchev–Trinajstić information content (AvgIpc) is 2.41. The quantitative estimate of drug-likeness (QED) is 0.322. The molecular weight excluding hydrogens is 242 g/mol. The second-order valence-electron chi connectivity index (χ2n) is 4.07. The largest absolute Gasteiger partial charge is 0.243 e. The zero-order valence-corrected chi connectivity index (χ0v) is 12.1. The van der Waals surface area contributed by atoms with Crippen LogP contribution in [0.2, 0.25) is 0 Å². The predicted molar refractivity (Wildman–Crippen MR) is 81.2 cm³/mol. The van der Waals surface area contributed by atoms with Crippen LogP contribution in [0.1, 0.15) is 33.6 Å². The lowest BCUT2D eigenvalue weighted by Gasteiger charge is -1.97. The van der Waals surface area contributed by atoms with Gasteiger partial charge in [-0.1, -0.05) is 37.3 Å². The first-order chi connectivity index (χ1) is 9.03. The smallest absolute Gasteiger partial charge is 0.141 e. The van der Waals surface area contributed by atoms with E-state index in [9.17, 15) is 8.78 Å². The molecule has 0 nitrogen and oxygen atoms in total. The molecule has 0 aliphatic heterocycles. The van der Waals surface area contributed by atoms with Gasteiger partial charge < -0.3 is 0 Å². The molecule has 0 aliphatic rings. The van der Waals surface area contributed by atoms with Gasteiger partial charge >= 0.3 is 0 Å². The van der Waals surface area contributed by atoms with Gasteiger partial charge in [0.2, 0.25) is 0 Å². The van der Waals surface area contributed by atoms with Crippen molar-refractivity contribution in [2.24, 2.45) is 5.92 Å². The highest BCUT2D eigenvalue weighted by molar-refractivity contribution is 5.20. The fourth-order valence-corrected chi connectivity index (χ4v) is 1.02. The maximum absolute atomic E-state index is 12.7. The Morgan fingerprint density at radius 3 is 2.42 bits per heavy atom. The lowest BCUT2D eigenvalue weighted by atomic mass is 10.1. The number of alkyl halides is 1. The Labute approximate surface area is 116 Å². The highest BCUT2D eigenvalue weighted by Gasteiger charge is 1.95. The summed E-state index contributed by atoms with van der Waals surface area (Å²) in [6.07, 6.45) is 15.7. The normalized spacial score (nSPS) is 13.5. The van der Waals surface area contributed by atoms with E-state index in [1.54, 1.807) is 19.9 Å². The molecule has 0 radical (unpaired) electrons. The van der Waals surface area contributed by atoms with Gasteiger partial charge in [-0.25, -0.2) is 8.78 Å². The van der Waals surface area contributed by atoms with Gasteiger partial charge in [0.15, 0.2) is 0 Å². The third-order valence-electron chi connectivity index (χ3n) is 2.26. The molecule has 0 aromatic rings. The Balaban J connectivity index is 0. The molecule has 0 aliphatic carbocycles. The van der Waals surface area contributed by atoms with Gasteiger partial charge in [-0.3, -0.25) is 0 Å². The first-order valence-electron chi connectivity index (χ1n) is 6.26. The first kappa shape index (κ1) is 19.7. The molecule has 0 saturated carbocycles. The first-order valence-corrected chi connectivity index (χ1v) is 6.26. The molecule has 0 rings (SSSR count). The zero-order valence-electron chi connectivity index (χ0n) is 12.1. The van der Waals surface area contributed by atoms with Crippen molar-refractivity contribution in [3.05, 3.63) is 48.4 Å². The Kier molecular flexibility index (Phi) is 15.0. The van der Waals surface area contributed by atoms with Crippen LogP contribution in [0, 0.1) is 18.3 Å². The van der Waals surface area contributed by atoms with Crippen LogP contribution in [0.15, 0.2) is 48.4 Å². The lowest BCUT2D eigenvalue weighted by Crippen LogP contribution is -1.83. The molecule has 19 heavy (non-hydrogen) atoms. The Morgan fingerprint density at radius 1 is 1.37 bits per heavy atom. The maximum Gasteiger partial charge on any atom is 0.141 e. The predicted octanol–water partition coefficient (Wildman–Crippen LogP) is 5.55. The molecule has 0 aromatic carbocycles. The molecule has 0 amide bonds. The topological polar surface area (TPSA) is 0 Å². The monoisotopic (exact) mass is 266 g/mol. The Bertz CT molecular complexity index is 354. The number of hydrogen-bond donors (Lipinski definition) is 0. The van der Waals surface area contributed by atoms with Crippen molar-refractivity contribution in [2.75, 3.05) is 6.67 Å². The van der Waals surface area contributed by atoms with Gasteiger partial charge in [-0.2, -0.15) is 0 Å². The molecule has 0 saturated heterocycles. The molecule has 0 N–H and O–H groups in total. The van der Waals surface area contributed by atoms with Crippen molar-refractivity contribution in [1.82, 2.24) is 0 Å².